The molecular formula is C30H30Si2. The summed E-state index contributed by atoms with van der Waals surface area (Å²) >= 11 is 0. The Morgan fingerprint density at radius 3 is 0.875 bits per heavy atom. The van der Waals surface area contributed by atoms with Gasteiger partial charge < -0.3 is 0 Å². The molecule has 0 heterocycles. The molecule has 0 N–H and O–H groups in total. The van der Waals surface area contributed by atoms with Crippen molar-refractivity contribution in [3.05, 3.63) is 109 Å². The second kappa shape index (κ2) is 7.88. The number of rotatable bonds is 4. The molecule has 5 aromatic rings. The van der Waals surface area contributed by atoms with Crippen LogP contribution >= 0.6 is 0 Å². The highest BCUT2D eigenvalue weighted by molar-refractivity contribution is 7.06. The lowest BCUT2D eigenvalue weighted by Crippen LogP contribution is -2.57. The fraction of sp³-hybridized carbons (Fsp3) is 0.133. The fourth-order valence-corrected chi connectivity index (χ4v) is 11.7. The molecule has 0 aliphatic rings. The van der Waals surface area contributed by atoms with Gasteiger partial charge in [0.1, 0.15) is 16.1 Å². The van der Waals surface area contributed by atoms with Gasteiger partial charge in [-0.25, -0.2) is 0 Å². The molecule has 0 aromatic heterocycles. The van der Waals surface area contributed by atoms with Crippen molar-refractivity contribution in [2.24, 2.45) is 0 Å². The van der Waals surface area contributed by atoms with Crippen LogP contribution in [0.15, 0.2) is 109 Å². The minimum atomic E-state index is -1.93. The number of fused-ring (bicyclic) bond motifs is 2. The quantitative estimate of drug-likeness (QED) is 0.248. The Morgan fingerprint density at radius 2 is 0.594 bits per heavy atom. The molecule has 5 aromatic carbocycles. The number of hydrogen-bond donors (Lipinski definition) is 0. The first kappa shape index (κ1) is 20.9. The van der Waals surface area contributed by atoms with Crippen molar-refractivity contribution in [3.63, 3.8) is 0 Å². The van der Waals surface area contributed by atoms with Crippen molar-refractivity contribution in [2.45, 2.75) is 26.2 Å². The summed E-state index contributed by atoms with van der Waals surface area (Å²) in [4.78, 5) is 0. The minimum absolute atomic E-state index is 1.44. The van der Waals surface area contributed by atoms with Gasteiger partial charge in [0.05, 0.1) is 0 Å². The van der Waals surface area contributed by atoms with E-state index in [-0.39, 0.29) is 0 Å². The Labute approximate surface area is 193 Å². The highest BCUT2D eigenvalue weighted by Gasteiger charge is 2.35. The Balaban J connectivity index is 1.94. The molecular weight excluding hydrogens is 417 g/mol. The number of hydrogen-bond acceptors (Lipinski definition) is 0. The normalized spacial score (nSPS) is 12.4. The molecule has 5 rings (SSSR count). The lowest BCUT2D eigenvalue weighted by atomic mass is 10.0. The van der Waals surface area contributed by atoms with Crippen LogP contribution in [0.5, 0.6) is 0 Å². The zero-order chi connectivity index (χ0) is 22.3. The highest BCUT2D eigenvalue weighted by atomic mass is 28.3. The van der Waals surface area contributed by atoms with E-state index in [1.54, 1.807) is 10.4 Å². The summed E-state index contributed by atoms with van der Waals surface area (Å²) in [5.74, 6) is 0. The van der Waals surface area contributed by atoms with Gasteiger partial charge in [0, 0.05) is 0 Å². The minimum Gasteiger partial charge on any atom is -0.0626 e. The van der Waals surface area contributed by atoms with E-state index in [1.165, 1.54) is 31.9 Å². The van der Waals surface area contributed by atoms with Gasteiger partial charge in [-0.2, -0.15) is 0 Å². The van der Waals surface area contributed by atoms with Crippen LogP contribution in [0.25, 0.3) is 21.5 Å². The van der Waals surface area contributed by atoms with Crippen LogP contribution in [0.3, 0.4) is 0 Å². The van der Waals surface area contributed by atoms with Crippen LogP contribution < -0.4 is 20.7 Å². The van der Waals surface area contributed by atoms with E-state index in [9.17, 15) is 0 Å². The third kappa shape index (κ3) is 3.26. The second-order valence-corrected chi connectivity index (χ2v) is 18.5. The Hall–Kier alpha value is -2.95. The van der Waals surface area contributed by atoms with E-state index >= 15 is 0 Å². The summed E-state index contributed by atoms with van der Waals surface area (Å²) in [5, 5.41) is 11.9. The molecule has 0 saturated heterocycles. The summed E-state index contributed by atoms with van der Waals surface area (Å²) in [5.41, 5.74) is 0. The maximum atomic E-state index is 2.51. The van der Waals surface area contributed by atoms with Gasteiger partial charge in [-0.05, 0) is 31.9 Å². The molecule has 0 aliphatic heterocycles. The third-order valence-corrected chi connectivity index (χ3v) is 14.3. The Bertz CT molecular complexity index is 1230. The topological polar surface area (TPSA) is 0 Å². The predicted octanol–water partition coefficient (Wildman–Crippen LogP) is 5.64. The van der Waals surface area contributed by atoms with Crippen molar-refractivity contribution < 1.29 is 0 Å². The average molecular weight is 447 g/mol. The van der Waals surface area contributed by atoms with Crippen LogP contribution in [-0.4, -0.2) is 16.1 Å². The maximum absolute atomic E-state index is 2.51. The Kier molecular flexibility index (Phi) is 5.15. The van der Waals surface area contributed by atoms with Crippen molar-refractivity contribution in [1.29, 1.82) is 0 Å². The van der Waals surface area contributed by atoms with Gasteiger partial charge in [0.15, 0.2) is 0 Å². The molecule has 0 bridgehead atoms. The van der Waals surface area contributed by atoms with Gasteiger partial charge in [-0.3, -0.25) is 0 Å². The molecule has 0 spiro atoms. The smallest absolute Gasteiger partial charge is 0.0626 e. The molecule has 0 atom stereocenters. The zero-order valence-corrected chi connectivity index (χ0v) is 21.4. The van der Waals surface area contributed by atoms with Gasteiger partial charge in [0.2, 0.25) is 0 Å². The summed E-state index contributed by atoms with van der Waals surface area (Å²) in [7, 11) is -3.86. The molecule has 0 amide bonds. The SMILES string of the molecule is C[Si](C)(c1ccccc1)c1c2ccccc2c([Si](C)(C)c2ccccc2)c2ccccc12. The molecule has 0 radical (unpaired) electrons. The lowest BCUT2D eigenvalue weighted by Gasteiger charge is -2.32. The molecule has 0 unspecified atom stereocenters. The van der Waals surface area contributed by atoms with Crippen LogP contribution in [0, 0.1) is 0 Å². The van der Waals surface area contributed by atoms with Crippen LogP contribution in [0.1, 0.15) is 0 Å². The van der Waals surface area contributed by atoms with Crippen molar-refractivity contribution in [3.8, 4) is 0 Å². The molecule has 158 valence electrons. The predicted molar refractivity (Wildman–Crippen MR) is 148 cm³/mol. The fourth-order valence-electron chi connectivity index (χ4n) is 5.47. The molecule has 0 aliphatic carbocycles. The van der Waals surface area contributed by atoms with E-state index < -0.39 is 16.1 Å². The number of benzene rings is 5. The first-order chi connectivity index (χ1) is 15.4. The van der Waals surface area contributed by atoms with Gasteiger partial charge >= 0.3 is 0 Å². The highest BCUT2D eigenvalue weighted by Crippen LogP contribution is 2.26. The zero-order valence-electron chi connectivity index (χ0n) is 19.4. The van der Waals surface area contributed by atoms with Crippen molar-refractivity contribution in [2.75, 3.05) is 0 Å². The summed E-state index contributed by atoms with van der Waals surface area (Å²) in [6.45, 7) is 10.0. The summed E-state index contributed by atoms with van der Waals surface area (Å²) < 4.78 is 0. The largest absolute Gasteiger partial charge is 0.113 e. The first-order valence-corrected chi connectivity index (χ1v) is 17.5. The van der Waals surface area contributed by atoms with E-state index in [4.69, 9.17) is 0 Å². The monoisotopic (exact) mass is 446 g/mol. The van der Waals surface area contributed by atoms with E-state index in [0.29, 0.717) is 0 Å². The molecule has 2 heteroatoms. The van der Waals surface area contributed by atoms with Gasteiger partial charge in [-0.15, -0.1) is 0 Å². The molecule has 32 heavy (non-hydrogen) atoms. The van der Waals surface area contributed by atoms with Gasteiger partial charge in [-0.1, -0.05) is 146 Å². The van der Waals surface area contributed by atoms with E-state index in [0.717, 1.165) is 0 Å². The van der Waals surface area contributed by atoms with Crippen LogP contribution in [0.2, 0.25) is 26.2 Å². The summed E-state index contributed by atoms with van der Waals surface area (Å²) in [6, 6.07) is 40.7. The van der Waals surface area contributed by atoms with E-state index in [2.05, 4.69) is 135 Å². The average Bonchev–Trinajstić information content (AvgIpc) is 2.83. The first-order valence-electron chi connectivity index (χ1n) is 11.5. The van der Waals surface area contributed by atoms with Crippen LogP contribution in [-0.2, 0) is 0 Å². The Morgan fingerprint density at radius 1 is 0.344 bits per heavy atom. The van der Waals surface area contributed by atoms with Crippen molar-refractivity contribution >= 4 is 58.4 Å². The third-order valence-electron chi connectivity index (χ3n) is 7.17. The standard InChI is InChI=1S/C30H30Si2/c1-31(2,23-15-7-5-8-16-23)29-25-19-11-13-21-27(25)30(28-22-14-12-20-26(28)29)32(3,4)24-17-9-6-10-18-24/h5-22H,1-4H3. The van der Waals surface area contributed by atoms with Gasteiger partial charge in [0.25, 0.3) is 0 Å². The molecule has 0 nitrogen and oxygen atoms in total. The van der Waals surface area contributed by atoms with E-state index in [1.807, 2.05) is 0 Å². The second-order valence-electron chi connectivity index (χ2n) is 9.82. The van der Waals surface area contributed by atoms with Crippen molar-refractivity contribution in [1.82, 2.24) is 0 Å². The van der Waals surface area contributed by atoms with Crippen LogP contribution in [0.4, 0.5) is 0 Å². The molecule has 0 saturated carbocycles. The molecule has 0 fully saturated rings. The summed E-state index contributed by atoms with van der Waals surface area (Å²) in [6.07, 6.45) is 0. The maximum Gasteiger partial charge on any atom is 0.113 e. The lowest BCUT2D eigenvalue weighted by molar-refractivity contribution is 1.69.